The standard InChI is InChI=1S/C18H23NO4/c20-17(15-5-4-12-2-1-3-14(12)10-15)19-11-16(18(21)22)13-6-8-23-9-7-13/h4-5,10,13,16H,1-3,6-9,11H2,(H,19,20)(H,21,22). The Morgan fingerprint density at radius 2 is 1.96 bits per heavy atom. The summed E-state index contributed by atoms with van der Waals surface area (Å²) in [6.07, 6.45) is 4.74. The van der Waals surface area contributed by atoms with Gasteiger partial charge in [0.15, 0.2) is 0 Å². The third kappa shape index (κ3) is 3.72. The van der Waals surface area contributed by atoms with Gasteiger partial charge in [0.1, 0.15) is 0 Å². The predicted octanol–water partition coefficient (Wildman–Crippen LogP) is 2.03. The molecule has 1 fully saturated rings. The van der Waals surface area contributed by atoms with Gasteiger partial charge in [-0.05, 0) is 61.3 Å². The number of rotatable bonds is 5. The van der Waals surface area contributed by atoms with Gasteiger partial charge in [-0.15, -0.1) is 0 Å². The lowest BCUT2D eigenvalue weighted by molar-refractivity contribution is -0.144. The summed E-state index contributed by atoms with van der Waals surface area (Å²) in [5.74, 6) is -1.50. The highest BCUT2D eigenvalue weighted by Crippen LogP contribution is 2.25. The molecule has 2 N–H and O–H groups in total. The molecule has 1 amide bonds. The zero-order valence-electron chi connectivity index (χ0n) is 13.2. The van der Waals surface area contributed by atoms with Crippen molar-refractivity contribution in [1.82, 2.24) is 5.32 Å². The van der Waals surface area contributed by atoms with Crippen LogP contribution in [0.25, 0.3) is 0 Å². The summed E-state index contributed by atoms with van der Waals surface area (Å²) in [6, 6.07) is 5.80. The molecule has 1 saturated heterocycles. The van der Waals surface area contributed by atoms with Crippen molar-refractivity contribution in [3.8, 4) is 0 Å². The van der Waals surface area contributed by atoms with Crippen LogP contribution in [0.4, 0.5) is 0 Å². The lowest BCUT2D eigenvalue weighted by atomic mass is 9.86. The van der Waals surface area contributed by atoms with Crippen LogP contribution in [0.15, 0.2) is 18.2 Å². The van der Waals surface area contributed by atoms with Gasteiger partial charge in [0.25, 0.3) is 5.91 Å². The monoisotopic (exact) mass is 317 g/mol. The van der Waals surface area contributed by atoms with Crippen molar-refractivity contribution in [1.29, 1.82) is 0 Å². The highest BCUT2D eigenvalue weighted by molar-refractivity contribution is 5.94. The number of hydrogen-bond acceptors (Lipinski definition) is 3. The van der Waals surface area contributed by atoms with Gasteiger partial charge in [-0.25, -0.2) is 0 Å². The van der Waals surface area contributed by atoms with Gasteiger partial charge in [-0.3, -0.25) is 9.59 Å². The molecule has 1 aromatic carbocycles. The number of benzene rings is 1. The molecule has 1 unspecified atom stereocenters. The number of amides is 1. The first-order valence-electron chi connectivity index (χ1n) is 8.35. The summed E-state index contributed by atoms with van der Waals surface area (Å²) >= 11 is 0. The molecule has 0 bridgehead atoms. The van der Waals surface area contributed by atoms with Crippen LogP contribution in [-0.4, -0.2) is 36.7 Å². The lowest BCUT2D eigenvalue weighted by Gasteiger charge is -2.27. The molecule has 0 aromatic heterocycles. The van der Waals surface area contributed by atoms with E-state index in [2.05, 4.69) is 5.32 Å². The molecular formula is C18H23NO4. The first-order chi connectivity index (χ1) is 11.1. The number of hydrogen-bond donors (Lipinski definition) is 2. The minimum Gasteiger partial charge on any atom is -0.481 e. The molecule has 1 aliphatic heterocycles. The molecule has 5 heteroatoms. The molecule has 0 saturated carbocycles. The Hall–Kier alpha value is -1.88. The molecule has 3 rings (SSSR count). The van der Waals surface area contributed by atoms with Crippen LogP contribution in [-0.2, 0) is 22.4 Å². The van der Waals surface area contributed by atoms with Gasteiger partial charge >= 0.3 is 5.97 Å². The number of aliphatic carboxylic acids is 1. The fourth-order valence-electron chi connectivity index (χ4n) is 3.59. The molecular weight excluding hydrogens is 294 g/mol. The van der Waals surface area contributed by atoms with Gasteiger partial charge < -0.3 is 15.2 Å². The van der Waals surface area contributed by atoms with Crippen LogP contribution >= 0.6 is 0 Å². The van der Waals surface area contributed by atoms with Gasteiger partial charge in [0.2, 0.25) is 0 Å². The Bertz CT molecular complexity index is 593. The molecule has 5 nitrogen and oxygen atoms in total. The van der Waals surface area contributed by atoms with Crippen LogP contribution in [0.3, 0.4) is 0 Å². The number of ether oxygens (including phenoxy) is 1. The molecule has 1 aliphatic carbocycles. The highest BCUT2D eigenvalue weighted by Gasteiger charge is 2.30. The van der Waals surface area contributed by atoms with Gasteiger partial charge in [0, 0.05) is 25.3 Å². The first kappa shape index (κ1) is 16.0. The summed E-state index contributed by atoms with van der Waals surface area (Å²) in [5, 5.41) is 12.3. The molecule has 23 heavy (non-hydrogen) atoms. The number of carbonyl (C=O) groups is 2. The Morgan fingerprint density at radius 1 is 1.22 bits per heavy atom. The second-order valence-electron chi connectivity index (χ2n) is 6.44. The average Bonchev–Trinajstić information content (AvgIpc) is 3.03. The number of fused-ring (bicyclic) bond motifs is 1. The van der Waals surface area contributed by atoms with E-state index < -0.39 is 11.9 Å². The van der Waals surface area contributed by atoms with Gasteiger partial charge in [-0.2, -0.15) is 0 Å². The number of carbonyl (C=O) groups excluding carboxylic acids is 1. The molecule has 1 aromatic rings. The SMILES string of the molecule is O=C(NCC(C(=O)O)C1CCOCC1)c1ccc2c(c1)CCC2. The van der Waals surface area contributed by atoms with Gasteiger partial charge in [0.05, 0.1) is 5.92 Å². The lowest BCUT2D eigenvalue weighted by Crippen LogP contribution is -2.39. The number of carboxylic acid groups (broad SMARTS) is 1. The van der Waals surface area contributed by atoms with Crippen molar-refractivity contribution in [2.75, 3.05) is 19.8 Å². The minimum absolute atomic E-state index is 0.0709. The van der Waals surface area contributed by atoms with E-state index in [4.69, 9.17) is 4.74 Å². The fourth-order valence-corrected chi connectivity index (χ4v) is 3.59. The fraction of sp³-hybridized carbons (Fsp3) is 0.556. The van der Waals surface area contributed by atoms with E-state index in [0.29, 0.717) is 18.8 Å². The van der Waals surface area contributed by atoms with Crippen molar-refractivity contribution in [3.63, 3.8) is 0 Å². The van der Waals surface area contributed by atoms with E-state index in [9.17, 15) is 14.7 Å². The summed E-state index contributed by atoms with van der Waals surface area (Å²) in [6.45, 7) is 1.39. The van der Waals surface area contributed by atoms with Crippen molar-refractivity contribution in [3.05, 3.63) is 34.9 Å². The first-order valence-corrected chi connectivity index (χ1v) is 8.35. The largest absolute Gasteiger partial charge is 0.481 e. The number of nitrogens with one attached hydrogen (secondary N) is 1. The Kier molecular flexibility index (Phi) is 4.96. The molecule has 0 spiro atoms. The maximum Gasteiger partial charge on any atom is 0.308 e. The van der Waals surface area contributed by atoms with Crippen molar-refractivity contribution < 1.29 is 19.4 Å². The van der Waals surface area contributed by atoms with E-state index >= 15 is 0 Å². The van der Waals surface area contributed by atoms with Crippen molar-refractivity contribution >= 4 is 11.9 Å². The predicted molar refractivity (Wildman–Crippen MR) is 85.5 cm³/mol. The van der Waals surface area contributed by atoms with Crippen LogP contribution in [0.1, 0.15) is 40.7 Å². The second-order valence-corrected chi connectivity index (χ2v) is 6.44. The molecule has 124 valence electrons. The topological polar surface area (TPSA) is 75.6 Å². The zero-order valence-corrected chi connectivity index (χ0v) is 13.2. The molecule has 2 aliphatic rings. The normalized spacial score (nSPS) is 19.1. The van der Waals surface area contributed by atoms with Crippen LogP contribution in [0, 0.1) is 11.8 Å². The van der Waals surface area contributed by atoms with Gasteiger partial charge in [-0.1, -0.05) is 6.07 Å². The second kappa shape index (κ2) is 7.13. The van der Waals surface area contributed by atoms with E-state index in [1.165, 1.54) is 11.1 Å². The molecule has 1 heterocycles. The van der Waals surface area contributed by atoms with Crippen LogP contribution in [0.5, 0.6) is 0 Å². The van der Waals surface area contributed by atoms with Crippen LogP contribution < -0.4 is 5.32 Å². The van der Waals surface area contributed by atoms with Crippen molar-refractivity contribution in [2.24, 2.45) is 11.8 Å². The summed E-state index contributed by atoms with van der Waals surface area (Å²) < 4.78 is 5.29. The number of aryl methyl sites for hydroxylation is 2. The van der Waals surface area contributed by atoms with E-state index in [0.717, 1.165) is 32.1 Å². The maximum atomic E-state index is 12.3. The Morgan fingerprint density at radius 3 is 2.70 bits per heavy atom. The third-order valence-electron chi connectivity index (χ3n) is 5.00. The van der Waals surface area contributed by atoms with E-state index in [1.54, 1.807) is 0 Å². The molecule has 1 atom stereocenters. The Balaban J connectivity index is 1.61. The smallest absolute Gasteiger partial charge is 0.308 e. The quantitative estimate of drug-likeness (QED) is 0.871. The van der Waals surface area contributed by atoms with E-state index in [-0.39, 0.29) is 18.4 Å². The zero-order chi connectivity index (χ0) is 16.2. The maximum absolute atomic E-state index is 12.3. The Labute approximate surface area is 136 Å². The van der Waals surface area contributed by atoms with E-state index in [1.807, 2.05) is 18.2 Å². The number of carboxylic acids is 1. The minimum atomic E-state index is -0.842. The van der Waals surface area contributed by atoms with Crippen molar-refractivity contribution in [2.45, 2.75) is 32.1 Å². The summed E-state index contributed by atoms with van der Waals surface area (Å²) in [4.78, 5) is 23.8. The van der Waals surface area contributed by atoms with Crippen LogP contribution in [0.2, 0.25) is 0 Å². The average molecular weight is 317 g/mol. The third-order valence-corrected chi connectivity index (χ3v) is 5.00. The summed E-state index contributed by atoms with van der Waals surface area (Å²) in [7, 11) is 0. The molecule has 0 radical (unpaired) electrons. The summed E-state index contributed by atoms with van der Waals surface area (Å²) in [5.41, 5.74) is 3.20. The highest BCUT2D eigenvalue weighted by atomic mass is 16.5.